The zero-order valence-electron chi connectivity index (χ0n) is 16.5. The van der Waals surface area contributed by atoms with E-state index in [0.29, 0.717) is 5.69 Å². The van der Waals surface area contributed by atoms with Gasteiger partial charge in [0.05, 0.1) is 22.7 Å². The number of carbonyl (C=O) groups excluding carboxylic acids is 1. The smallest absolute Gasteiger partial charge is 0.416 e. The van der Waals surface area contributed by atoms with Crippen LogP contribution in [-0.2, 0) is 10.9 Å². The van der Waals surface area contributed by atoms with Gasteiger partial charge in [0.2, 0.25) is 11.6 Å². The molecule has 1 aromatic heterocycles. The van der Waals surface area contributed by atoms with Gasteiger partial charge in [0, 0.05) is 11.4 Å². The van der Waals surface area contributed by atoms with E-state index < -0.39 is 28.3 Å². The first-order valence-corrected chi connectivity index (χ1v) is 9.17. The zero-order valence-corrected chi connectivity index (χ0v) is 16.5. The number of nitro groups is 1. The summed E-state index contributed by atoms with van der Waals surface area (Å²) in [5, 5.41) is 17.1. The molecule has 0 fully saturated rings. The largest absolute Gasteiger partial charge is 0.462 e. The van der Waals surface area contributed by atoms with Gasteiger partial charge >= 0.3 is 17.8 Å². The standard InChI is InChI=1S/C20H16F3N5O4/c1-2-32-19(29)12-4-3-5-15(10-12)27-18-16(28(30)31)17(24-11-25-18)26-14-8-6-13(7-9-14)20(21,22)23/h3-11H,2H2,1H3,(H2,24,25,26,27). The Morgan fingerprint density at radius 3 is 2.25 bits per heavy atom. The van der Waals surface area contributed by atoms with Crippen LogP contribution >= 0.6 is 0 Å². The number of hydrogen-bond donors (Lipinski definition) is 2. The zero-order chi connectivity index (χ0) is 23.3. The van der Waals surface area contributed by atoms with Gasteiger partial charge in [-0.25, -0.2) is 14.8 Å². The van der Waals surface area contributed by atoms with Crippen LogP contribution in [0.3, 0.4) is 0 Å². The summed E-state index contributed by atoms with van der Waals surface area (Å²) in [5.74, 6) is -0.966. The Hall–Kier alpha value is -4.22. The topological polar surface area (TPSA) is 119 Å². The number of esters is 1. The molecule has 0 aliphatic heterocycles. The molecule has 3 rings (SSSR count). The van der Waals surface area contributed by atoms with Gasteiger partial charge in [-0.05, 0) is 49.4 Å². The van der Waals surface area contributed by atoms with E-state index in [1.165, 1.54) is 12.1 Å². The van der Waals surface area contributed by atoms with E-state index in [1.54, 1.807) is 19.1 Å². The Labute approximate surface area is 179 Å². The lowest BCUT2D eigenvalue weighted by molar-refractivity contribution is -0.383. The Kier molecular flexibility index (Phi) is 6.52. The molecule has 0 aliphatic rings. The minimum Gasteiger partial charge on any atom is -0.462 e. The van der Waals surface area contributed by atoms with Gasteiger partial charge in [0.1, 0.15) is 6.33 Å². The molecule has 3 aromatic rings. The molecule has 166 valence electrons. The number of aromatic nitrogens is 2. The third kappa shape index (κ3) is 5.28. The van der Waals surface area contributed by atoms with Crippen molar-refractivity contribution in [3.8, 4) is 0 Å². The maximum Gasteiger partial charge on any atom is 0.416 e. The molecule has 0 unspecified atom stereocenters. The average Bonchev–Trinajstić information content (AvgIpc) is 2.74. The van der Waals surface area contributed by atoms with Crippen molar-refractivity contribution in [1.29, 1.82) is 0 Å². The molecule has 1 heterocycles. The van der Waals surface area contributed by atoms with Crippen molar-refractivity contribution in [3.63, 3.8) is 0 Å². The molecule has 0 spiro atoms. The summed E-state index contributed by atoms with van der Waals surface area (Å²) < 4.78 is 43.1. The first kappa shape index (κ1) is 22.5. The van der Waals surface area contributed by atoms with Crippen molar-refractivity contribution in [2.24, 2.45) is 0 Å². The second-order valence-electron chi connectivity index (χ2n) is 6.30. The summed E-state index contributed by atoms with van der Waals surface area (Å²) in [7, 11) is 0. The third-order valence-electron chi connectivity index (χ3n) is 4.12. The van der Waals surface area contributed by atoms with E-state index >= 15 is 0 Å². The number of rotatable bonds is 7. The van der Waals surface area contributed by atoms with E-state index in [9.17, 15) is 28.1 Å². The van der Waals surface area contributed by atoms with Crippen molar-refractivity contribution in [3.05, 3.63) is 76.1 Å². The summed E-state index contributed by atoms with van der Waals surface area (Å²) in [5.41, 5.74) is -0.664. The monoisotopic (exact) mass is 447 g/mol. The van der Waals surface area contributed by atoms with Crippen LogP contribution < -0.4 is 10.6 Å². The Bertz CT molecular complexity index is 1140. The van der Waals surface area contributed by atoms with E-state index in [4.69, 9.17) is 4.74 Å². The Balaban J connectivity index is 1.89. The van der Waals surface area contributed by atoms with Crippen molar-refractivity contribution >= 4 is 34.7 Å². The highest BCUT2D eigenvalue weighted by molar-refractivity contribution is 5.91. The van der Waals surface area contributed by atoms with Crippen molar-refractivity contribution in [2.75, 3.05) is 17.2 Å². The van der Waals surface area contributed by atoms with Gasteiger partial charge < -0.3 is 15.4 Å². The molecule has 32 heavy (non-hydrogen) atoms. The lowest BCUT2D eigenvalue weighted by atomic mass is 10.2. The van der Waals surface area contributed by atoms with Crippen molar-refractivity contribution in [2.45, 2.75) is 13.1 Å². The van der Waals surface area contributed by atoms with Crippen molar-refractivity contribution in [1.82, 2.24) is 9.97 Å². The number of halogens is 3. The molecule has 0 aliphatic carbocycles. The van der Waals surface area contributed by atoms with Gasteiger partial charge in [-0.1, -0.05) is 6.07 Å². The average molecular weight is 447 g/mol. The number of nitrogens with one attached hydrogen (secondary N) is 2. The molecule has 0 saturated heterocycles. The summed E-state index contributed by atoms with van der Waals surface area (Å²) >= 11 is 0. The predicted molar refractivity (Wildman–Crippen MR) is 109 cm³/mol. The summed E-state index contributed by atoms with van der Waals surface area (Å²) in [6.45, 7) is 1.85. The van der Waals surface area contributed by atoms with Crippen molar-refractivity contribution < 1.29 is 27.6 Å². The molecular formula is C20H16F3N5O4. The second-order valence-corrected chi connectivity index (χ2v) is 6.30. The number of nitrogens with zero attached hydrogens (tertiary/aromatic N) is 3. The SMILES string of the molecule is CCOC(=O)c1cccc(Nc2ncnc(Nc3ccc(C(F)(F)F)cc3)c2[N+](=O)[O-])c1. The molecule has 0 bridgehead atoms. The first-order valence-electron chi connectivity index (χ1n) is 9.17. The van der Waals surface area contributed by atoms with Crippen LogP contribution in [0.15, 0.2) is 54.9 Å². The molecule has 2 aromatic carbocycles. The lowest BCUT2D eigenvalue weighted by Gasteiger charge is -2.12. The number of anilines is 4. The number of ether oxygens (including phenoxy) is 1. The van der Waals surface area contributed by atoms with Gasteiger partial charge in [0.25, 0.3) is 0 Å². The minimum atomic E-state index is -4.51. The lowest BCUT2D eigenvalue weighted by Crippen LogP contribution is -2.07. The number of carbonyl (C=O) groups is 1. The third-order valence-corrected chi connectivity index (χ3v) is 4.12. The summed E-state index contributed by atoms with van der Waals surface area (Å²) in [6.07, 6.45) is -3.45. The Morgan fingerprint density at radius 1 is 1.06 bits per heavy atom. The number of benzene rings is 2. The predicted octanol–water partition coefficient (Wildman–Crippen LogP) is 5.07. The minimum absolute atomic E-state index is 0.162. The number of alkyl halides is 3. The first-order chi connectivity index (χ1) is 15.2. The molecule has 0 radical (unpaired) electrons. The molecule has 12 heteroatoms. The van der Waals surface area contributed by atoms with E-state index in [2.05, 4.69) is 20.6 Å². The van der Waals surface area contributed by atoms with E-state index in [1.807, 2.05) is 0 Å². The fourth-order valence-corrected chi connectivity index (χ4v) is 2.69. The molecule has 0 saturated carbocycles. The van der Waals surface area contributed by atoms with Crippen LogP contribution in [0.5, 0.6) is 0 Å². The van der Waals surface area contributed by atoms with E-state index in [-0.39, 0.29) is 29.5 Å². The highest BCUT2D eigenvalue weighted by Crippen LogP contribution is 2.34. The molecule has 0 amide bonds. The van der Waals surface area contributed by atoms with Gasteiger partial charge in [-0.3, -0.25) is 10.1 Å². The highest BCUT2D eigenvalue weighted by Gasteiger charge is 2.30. The fraction of sp³-hybridized carbons (Fsp3) is 0.150. The quantitative estimate of drug-likeness (QED) is 0.293. The van der Waals surface area contributed by atoms with Crippen LogP contribution in [0.4, 0.5) is 41.9 Å². The summed E-state index contributed by atoms with van der Waals surface area (Å²) in [4.78, 5) is 30.6. The fourth-order valence-electron chi connectivity index (χ4n) is 2.69. The Morgan fingerprint density at radius 2 is 1.69 bits per heavy atom. The highest BCUT2D eigenvalue weighted by atomic mass is 19.4. The van der Waals surface area contributed by atoms with Crippen LogP contribution in [0.2, 0.25) is 0 Å². The molecule has 9 nitrogen and oxygen atoms in total. The maximum atomic E-state index is 12.7. The second kappa shape index (κ2) is 9.29. The van der Waals surface area contributed by atoms with Gasteiger partial charge in [-0.2, -0.15) is 13.2 Å². The van der Waals surface area contributed by atoms with Crippen LogP contribution in [0.25, 0.3) is 0 Å². The maximum absolute atomic E-state index is 12.7. The van der Waals surface area contributed by atoms with Crippen LogP contribution in [0, 0.1) is 10.1 Å². The summed E-state index contributed by atoms with van der Waals surface area (Å²) in [6, 6.07) is 10.0. The number of hydrogen-bond acceptors (Lipinski definition) is 8. The molecule has 2 N–H and O–H groups in total. The van der Waals surface area contributed by atoms with Gasteiger partial charge in [0.15, 0.2) is 0 Å². The molecule has 0 atom stereocenters. The van der Waals surface area contributed by atoms with Crippen LogP contribution in [-0.4, -0.2) is 27.5 Å². The normalized spacial score (nSPS) is 11.0. The molecular weight excluding hydrogens is 431 g/mol. The van der Waals surface area contributed by atoms with Gasteiger partial charge in [-0.15, -0.1) is 0 Å². The van der Waals surface area contributed by atoms with Crippen LogP contribution in [0.1, 0.15) is 22.8 Å². The van der Waals surface area contributed by atoms with E-state index in [0.717, 1.165) is 30.6 Å².